The van der Waals surface area contributed by atoms with Gasteiger partial charge in [0.25, 0.3) is 5.91 Å². The summed E-state index contributed by atoms with van der Waals surface area (Å²) in [6.45, 7) is 1.11. The third-order valence-electron chi connectivity index (χ3n) is 2.22. The van der Waals surface area contributed by atoms with E-state index in [0.29, 0.717) is 13.1 Å². The van der Waals surface area contributed by atoms with Crippen LogP contribution in [0.1, 0.15) is 0 Å². The van der Waals surface area contributed by atoms with E-state index in [2.05, 4.69) is 10.6 Å². The van der Waals surface area contributed by atoms with Crippen LogP contribution < -0.4 is 10.6 Å². The number of likely N-dealkylation sites (N-methyl/N-ethyl adjacent to an activating group) is 1. The van der Waals surface area contributed by atoms with Crippen LogP contribution in [-0.2, 0) is 4.79 Å². The summed E-state index contributed by atoms with van der Waals surface area (Å²) in [6, 6.07) is -0.295. The van der Waals surface area contributed by atoms with Crippen LogP contribution in [0.25, 0.3) is 0 Å². The van der Waals surface area contributed by atoms with Gasteiger partial charge in [-0.3, -0.25) is 9.69 Å². The first-order chi connectivity index (χ1) is 5.16. The van der Waals surface area contributed by atoms with E-state index in [4.69, 9.17) is 0 Å². The number of amides is 3. The Morgan fingerprint density at radius 2 is 2.00 bits per heavy atom. The van der Waals surface area contributed by atoms with Crippen LogP contribution in [-0.4, -0.2) is 42.5 Å². The minimum absolute atomic E-state index is 0. The van der Waals surface area contributed by atoms with E-state index >= 15 is 0 Å². The number of hydrogen-bond donors (Lipinski definition) is 2. The van der Waals surface area contributed by atoms with Gasteiger partial charge in [-0.05, 0) is 0 Å². The van der Waals surface area contributed by atoms with Crippen molar-refractivity contribution in [3.05, 3.63) is 0 Å². The summed E-state index contributed by atoms with van der Waals surface area (Å²) in [7, 11) is 1.49. The van der Waals surface area contributed by atoms with Crippen molar-refractivity contribution >= 4 is 24.3 Å². The van der Waals surface area contributed by atoms with E-state index in [-0.39, 0.29) is 24.3 Å². The number of carbonyl (C=O) groups is 2. The van der Waals surface area contributed by atoms with Gasteiger partial charge in [-0.2, -0.15) is 0 Å². The normalized spacial score (nSPS) is 24.9. The SMILES string of the molecule is CN1C(=O)NC2(CNC2)C1=O.Cl. The van der Waals surface area contributed by atoms with E-state index in [9.17, 15) is 9.59 Å². The van der Waals surface area contributed by atoms with Gasteiger partial charge >= 0.3 is 6.03 Å². The second-order valence-electron chi connectivity index (χ2n) is 2.98. The molecule has 0 unspecified atom stereocenters. The summed E-state index contributed by atoms with van der Waals surface area (Å²) in [5, 5.41) is 5.59. The molecule has 2 saturated heterocycles. The average molecular weight is 192 g/mol. The first kappa shape index (κ1) is 9.28. The summed E-state index contributed by atoms with van der Waals surface area (Å²) in [5.41, 5.74) is -0.605. The van der Waals surface area contributed by atoms with E-state index in [1.165, 1.54) is 7.05 Å². The Bertz CT molecular complexity index is 239. The van der Waals surface area contributed by atoms with Crippen LogP contribution in [0.3, 0.4) is 0 Å². The zero-order valence-electron chi connectivity index (χ0n) is 6.59. The number of nitrogens with zero attached hydrogens (tertiary/aromatic N) is 1. The lowest BCUT2D eigenvalue weighted by atomic mass is 9.93. The predicted molar refractivity (Wildman–Crippen MR) is 44.2 cm³/mol. The molecule has 0 bridgehead atoms. The van der Waals surface area contributed by atoms with Crippen molar-refractivity contribution in [2.24, 2.45) is 0 Å². The molecule has 12 heavy (non-hydrogen) atoms. The molecule has 5 nitrogen and oxygen atoms in total. The van der Waals surface area contributed by atoms with Crippen molar-refractivity contribution in [1.82, 2.24) is 15.5 Å². The Morgan fingerprint density at radius 3 is 2.17 bits per heavy atom. The molecule has 0 aromatic carbocycles. The molecule has 2 rings (SSSR count). The molecule has 1 spiro atoms. The van der Waals surface area contributed by atoms with Gasteiger partial charge in [0.15, 0.2) is 0 Å². The van der Waals surface area contributed by atoms with E-state index in [1.807, 2.05) is 0 Å². The van der Waals surface area contributed by atoms with Gasteiger partial charge in [-0.25, -0.2) is 4.79 Å². The molecule has 2 aliphatic heterocycles. The van der Waals surface area contributed by atoms with Gasteiger partial charge in [0, 0.05) is 20.1 Å². The van der Waals surface area contributed by atoms with Crippen LogP contribution in [0.2, 0.25) is 0 Å². The third-order valence-corrected chi connectivity index (χ3v) is 2.22. The topological polar surface area (TPSA) is 61.4 Å². The first-order valence-corrected chi connectivity index (χ1v) is 3.47. The molecule has 0 radical (unpaired) electrons. The molecule has 2 N–H and O–H groups in total. The minimum atomic E-state index is -0.605. The summed E-state index contributed by atoms with van der Waals surface area (Å²) < 4.78 is 0. The quantitative estimate of drug-likeness (QED) is 0.480. The minimum Gasteiger partial charge on any atom is -0.321 e. The second-order valence-corrected chi connectivity index (χ2v) is 2.98. The number of halogens is 1. The Balaban J connectivity index is 0.000000720. The standard InChI is InChI=1S/C6H9N3O2.ClH/c1-9-4(10)6(2-7-3-6)8-5(9)11;/h7H,2-3H2,1H3,(H,8,11);1H. The van der Waals surface area contributed by atoms with Gasteiger partial charge in [0.05, 0.1) is 0 Å². The van der Waals surface area contributed by atoms with Gasteiger partial charge < -0.3 is 10.6 Å². The zero-order chi connectivity index (χ0) is 8.06. The maximum Gasteiger partial charge on any atom is 0.324 e. The van der Waals surface area contributed by atoms with Crippen LogP contribution in [0.15, 0.2) is 0 Å². The van der Waals surface area contributed by atoms with Crippen LogP contribution in [0, 0.1) is 0 Å². The van der Waals surface area contributed by atoms with Crippen molar-refractivity contribution in [2.75, 3.05) is 20.1 Å². The molecule has 6 heteroatoms. The lowest BCUT2D eigenvalue weighted by Gasteiger charge is -2.35. The van der Waals surface area contributed by atoms with E-state index < -0.39 is 5.54 Å². The third kappa shape index (κ3) is 0.899. The fourth-order valence-electron chi connectivity index (χ4n) is 1.37. The Kier molecular flexibility index (Phi) is 2.01. The van der Waals surface area contributed by atoms with Gasteiger partial charge in [-0.15, -0.1) is 12.4 Å². The highest BCUT2D eigenvalue weighted by atomic mass is 35.5. The average Bonchev–Trinajstić information content (AvgIpc) is 2.12. The lowest BCUT2D eigenvalue weighted by Crippen LogP contribution is -2.69. The highest BCUT2D eigenvalue weighted by Gasteiger charge is 2.53. The Hall–Kier alpha value is -0.810. The second kappa shape index (κ2) is 2.60. The van der Waals surface area contributed by atoms with Crippen molar-refractivity contribution in [3.63, 3.8) is 0 Å². The molecule has 3 amide bonds. The maximum absolute atomic E-state index is 11.3. The molecular weight excluding hydrogens is 182 g/mol. The van der Waals surface area contributed by atoms with Crippen LogP contribution in [0.4, 0.5) is 4.79 Å². The summed E-state index contributed by atoms with van der Waals surface area (Å²) in [4.78, 5) is 23.4. The molecule has 0 atom stereocenters. The van der Waals surface area contributed by atoms with Crippen molar-refractivity contribution in [1.29, 1.82) is 0 Å². The fourth-order valence-corrected chi connectivity index (χ4v) is 1.37. The lowest BCUT2D eigenvalue weighted by molar-refractivity contribution is -0.132. The molecule has 68 valence electrons. The molecule has 0 aliphatic carbocycles. The van der Waals surface area contributed by atoms with Gasteiger partial charge in [-0.1, -0.05) is 0 Å². The summed E-state index contributed by atoms with van der Waals surface area (Å²) in [6.07, 6.45) is 0. The highest BCUT2D eigenvalue weighted by molar-refractivity contribution is 6.07. The Morgan fingerprint density at radius 1 is 1.42 bits per heavy atom. The number of imide groups is 1. The van der Waals surface area contributed by atoms with Crippen LogP contribution >= 0.6 is 12.4 Å². The molecule has 0 aromatic rings. The highest BCUT2D eigenvalue weighted by Crippen LogP contribution is 2.19. The van der Waals surface area contributed by atoms with Gasteiger partial charge in [0.1, 0.15) is 5.54 Å². The van der Waals surface area contributed by atoms with Crippen molar-refractivity contribution in [3.8, 4) is 0 Å². The summed E-state index contributed by atoms with van der Waals surface area (Å²) >= 11 is 0. The monoisotopic (exact) mass is 191 g/mol. The van der Waals surface area contributed by atoms with Crippen molar-refractivity contribution in [2.45, 2.75) is 5.54 Å². The number of carbonyl (C=O) groups excluding carboxylic acids is 2. The number of urea groups is 1. The number of rotatable bonds is 0. The van der Waals surface area contributed by atoms with E-state index in [1.54, 1.807) is 0 Å². The zero-order valence-corrected chi connectivity index (χ0v) is 7.40. The largest absolute Gasteiger partial charge is 0.324 e. The number of nitrogens with one attached hydrogen (secondary N) is 2. The molecule has 2 aliphatic rings. The van der Waals surface area contributed by atoms with E-state index in [0.717, 1.165) is 4.90 Å². The molecule has 2 fully saturated rings. The summed E-state index contributed by atoms with van der Waals surface area (Å²) in [5.74, 6) is -0.124. The molecular formula is C6H10ClN3O2. The molecule has 2 heterocycles. The van der Waals surface area contributed by atoms with Gasteiger partial charge in [0.2, 0.25) is 0 Å². The molecule has 0 aromatic heterocycles. The maximum atomic E-state index is 11.3. The van der Waals surface area contributed by atoms with Crippen molar-refractivity contribution < 1.29 is 9.59 Å². The predicted octanol–water partition coefficient (Wildman–Crippen LogP) is -1.07. The first-order valence-electron chi connectivity index (χ1n) is 3.47. The smallest absolute Gasteiger partial charge is 0.321 e. The Labute approximate surface area is 75.9 Å². The molecule has 0 saturated carbocycles. The van der Waals surface area contributed by atoms with Crippen LogP contribution in [0.5, 0.6) is 0 Å². The number of hydrogen-bond acceptors (Lipinski definition) is 3. The fraction of sp³-hybridized carbons (Fsp3) is 0.667.